The Labute approximate surface area is 121 Å². The van der Waals surface area contributed by atoms with Crippen molar-refractivity contribution in [1.82, 2.24) is 24.5 Å². The molecule has 0 saturated carbocycles. The zero-order valence-corrected chi connectivity index (χ0v) is 12.2. The van der Waals surface area contributed by atoms with Gasteiger partial charge in [-0.2, -0.15) is 10.1 Å². The van der Waals surface area contributed by atoms with Gasteiger partial charge in [-0.1, -0.05) is 0 Å². The largest absolute Gasteiger partial charge is 0.480 e. The van der Waals surface area contributed by atoms with Gasteiger partial charge >= 0.3 is 5.97 Å². The molecule has 112 valence electrons. The molecule has 21 heavy (non-hydrogen) atoms. The molecule has 2 aromatic heterocycles. The molecule has 0 aliphatic carbocycles. The lowest BCUT2D eigenvalue weighted by molar-refractivity contribution is -0.143. The SMILES string of the molecule is Cc1nc2ncnn2c(C)c1CCC(=O)N(C)CC(=O)O. The normalized spacial score (nSPS) is 10.8. The molecule has 1 amide bonds. The van der Waals surface area contributed by atoms with Crippen molar-refractivity contribution in [2.75, 3.05) is 13.6 Å². The van der Waals surface area contributed by atoms with Gasteiger partial charge < -0.3 is 10.0 Å². The Kier molecular flexibility index (Phi) is 4.15. The van der Waals surface area contributed by atoms with Crippen LogP contribution in [0, 0.1) is 13.8 Å². The van der Waals surface area contributed by atoms with Gasteiger partial charge in [0, 0.05) is 24.9 Å². The molecule has 0 fully saturated rings. The number of rotatable bonds is 5. The van der Waals surface area contributed by atoms with Gasteiger partial charge in [-0.3, -0.25) is 9.59 Å². The fourth-order valence-corrected chi connectivity index (χ4v) is 2.23. The van der Waals surface area contributed by atoms with Crippen LogP contribution in [0.4, 0.5) is 0 Å². The fourth-order valence-electron chi connectivity index (χ4n) is 2.23. The second kappa shape index (κ2) is 5.86. The summed E-state index contributed by atoms with van der Waals surface area (Å²) in [6, 6.07) is 0. The molecule has 2 aromatic rings. The first kappa shape index (κ1) is 14.9. The molecule has 0 aliphatic rings. The molecule has 0 aromatic carbocycles. The molecule has 0 bridgehead atoms. The van der Waals surface area contributed by atoms with Crippen molar-refractivity contribution < 1.29 is 14.7 Å². The summed E-state index contributed by atoms with van der Waals surface area (Å²) in [6.07, 6.45) is 2.15. The third-order valence-corrected chi connectivity index (χ3v) is 3.38. The van der Waals surface area contributed by atoms with Gasteiger partial charge in [-0.25, -0.2) is 9.50 Å². The minimum Gasteiger partial charge on any atom is -0.480 e. The van der Waals surface area contributed by atoms with Gasteiger partial charge in [0.25, 0.3) is 5.78 Å². The lowest BCUT2D eigenvalue weighted by Gasteiger charge is -2.15. The van der Waals surface area contributed by atoms with Crippen LogP contribution in [0.15, 0.2) is 6.33 Å². The van der Waals surface area contributed by atoms with Gasteiger partial charge in [0.2, 0.25) is 5.91 Å². The Hall–Kier alpha value is -2.51. The van der Waals surface area contributed by atoms with Crippen LogP contribution in [0.5, 0.6) is 0 Å². The number of hydrogen-bond acceptors (Lipinski definition) is 5. The van der Waals surface area contributed by atoms with Gasteiger partial charge in [0.15, 0.2) is 0 Å². The summed E-state index contributed by atoms with van der Waals surface area (Å²) in [5, 5.41) is 12.8. The molecule has 0 radical (unpaired) electrons. The summed E-state index contributed by atoms with van der Waals surface area (Å²) in [5.74, 6) is -0.707. The summed E-state index contributed by atoms with van der Waals surface area (Å²) in [4.78, 5) is 32.1. The third kappa shape index (κ3) is 3.15. The van der Waals surface area contributed by atoms with E-state index in [2.05, 4.69) is 15.1 Å². The number of carboxylic acids is 1. The number of fused-ring (bicyclic) bond motifs is 1. The van der Waals surface area contributed by atoms with Crippen molar-refractivity contribution in [2.24, 2.45) is 0 Å². The molecule has 8 heteroatoms. The molecule has 2 heterocycles. The number of likely N-dealkylation sites (N-methyl/N-ethyl adjacent to an activating group) is 1. The molecule has 0 spiro atoms. The Morgan fingerprint density at radius 2 is 2.10 bits per heavy atom. The number of hydrogen-bond donors (Lipinski definition) is 1. The summed E-state index contributed by atoms with van der Waals surface area (Å²) < 4.78 is 1.63. The molecular formula is C13H17N5O3. The first-order chi connectivity index (χ1) is 9.90. The molecule has 8 nitrogen and oxygen atoms in total. The lowest BCUT2D eigenvalue weighted by atomic mass is 10.1. The number of carbonyl (C=O) groups excluding carboxylic acids is 1. The van der Waals surface area contributed by atoms with E-state index in [-0.39, 0.29) is 18.9 Å². The van der Waals surface area contributed by atoms with Crippen LogP contribution < -0.4 is 0 Å². The summed E-state index contributed by atoms with van der Waals surface area (Å²) in [7, 11) is 1.48. The smallest absolute Gasteiger partial charge is 0.323 e. The van der Waals surface area contributed by atoms with Crippen LogP contribution in [0.3, 0.4) is 0 Å². The first-order valence-electron chi connectivity index (χ1n) is 6.51. The summed E-state index contributed by atoms with van der Waals surface area (Å²) in [6.45, 7) is 3.47. The highest BCUT2D eigenvalue weighted by atomic mass is 16.4. The van der Waals surface area contributed by atoms with Gasteiger partial charge in [0.1, 0.15) is 12.9 Å². The maximum atomic E-state index is 11.9. The highest BCUT2D eigenvalue weighted by Crippen LogP contribution is 2.15. The zero-order chi connectivity index (χ0) is 15.6. The summed E-state index contributed by atoms with van der Waals surface area (Å²) in [5.41, 5.74) is 2.63. The van der Waals surface area contributed by atoms with E-state index in [0.29, 0.717) is 12.2 Å². The number of aliphatic carboxylic acids is 1. The van der Waals surface area contributed by atoms with Crippen molar-refractivity contribution in [3.8, 4) is 0 Å². The van der Waals surface area contributed by atoms with E-state index in [9.17, 15) is 9.59 Å². The van der Waals surface area contributed by atoms with E-state index in [1.54, 1.807) is 4.52 Å². The minimum absolute atomic E-state index is 0.213. The van der Waals surface area contributed by atoms with Crippen LogP contribution in [0.25, 0.3) is 5.78 Å². The van der Waals surface area contributed by atoms with Crippen molar-refractivity contribution in [1.29, 1.82) is 0 Å². The van der Waals surface area contributed by atoms with Crippen molar-refractivity contribution in [3.05, 3.63) is 23.3 Å². The van der Waals surface area contributed by atoms with Crippen LogP contribution in [-0.2, 0) is 16.0 Å². The number of aromatic nitrogens is 4. The molecule has 0 aliphatic heterocycles. The second-order valence-electron chi connectivity index (χ2n) is 4.88. The number of aryl methyl sites for hydroxylation is 2. The van der Waals surface area contributed by atoms with Crippen molar-refractivity contribution in [2.45, 2.75) is 26.7 Å². The highest BCUT2D eigenvalue weighted by Gasteiger charge is 2.15. The third-order valence-electron chi connectivity index (χ3n) is 3.38. The van der Waals surface area contributed by atoms with Crippen molar-refractivity contribution in [3.63, 3.8) is 0 Å². The topological polar surface area (TPSA) is 101 Å². The van der Waals surface area contributed by atoms with Crippen molar-refractivity contribution >= 4 is 17.7 Å². The van der Waals surface area contributed by atoms with E-state index in [4.69, 9.17) is 5.11 Å². The van der Waals surface area contributed by atoms with Gasteiger partial charge in [-0.15, -0.1) is 0 Å². The minimum atomic E-state index is -1.02. The molecular weight excluding hydrogens is 274 g/mol. The molecule has 0 saturated heterocycles. The highest BCUT2D eigenvalue weighted by molar-refractivity contribution is 5.81. The average molecular weight is 291 g/mol. The maximum Gasteiger partial charge on any atom is 0.323 e. The van der Waals surface area contributed by atoms with E-state index in [1.807, 2.05) is 13.8 Å². The number of carbonyl (C=O) groups is 2. The van der Waals surface area contributed by atoms with Crippen LogP contribution >= 0.6 is 0 Å². The predicted molar refractivity (Wildman–Crippen MR) is 73.8 cm³/mol. The Balaban J connectivity index is 2.13. The Morgan fingerprint density at radius 3 is 2.76 bits per heavy atom. The van der Waals surface area contributed by atoms with Gasteiger partial charge in [-0.05, 0) is 25.8 Å². The van der Waals surface area contributed by atoms with Crippen LogP contribution in [0.2, 0.25) is 0 Å². The molecule has 2 rings (SSSR count). The van der Waals surface area contributed by atoms with E-state index < -0.39 is 5.97 Å². The summed E-state index contributed by atoms with van der Waals surface area (Å²) >= 11 is 0. The van der Waals surface area contributed by atoms with E-state index in [1.165, 1.54) is 18.3 Å². The number of carboxylic acid groups (broad SMARTS) is 1. The fraction of sp³-hybridized carbons (Fsp3) is 0.462. The van der Waals surface area contributed by atoms with Crippen LogP contribution in [-0.4, -0.2) is 55.1 Å². The molecule has 0 atom stereocenters. The Morgan fingerprint density at radius 1 is 1.38 bits per heavy atom. The number of nitrogens with zero attached hydrogens (tertiary/aromatic N) is 5. The molecule has 0 unspecified atom stereocenters. The quantitative estimate of drug-likeness (QED) is 0.845. The maximum absolute atomic E-state index is 11.9. The standard InChI is InChI=1S/C13H17N5O3/c1-8-10(4-5-11(19)17(3)6-12(20)21)9(2)18-13(16-8)14-7-15-18/h7H,4-6H2,1-3H3,(H,20,21). The number of amides is 1. The second-order valence-corrected chi connectivity index (χ2v) is 4.88. The molecule has 1 N–H and O–H groups in total. The van der Waals surface area contributed by atoms with Gasteiger partial charge in [0.05, 0.1) is 0 Å². The average Bonchev–Trinajstić information content (AvgIpc) is 2.85. The Bertz CT molecular complexity index is 694. The van der Waals surface area contributed by atoms with E-state index in [0.717, 1.165) is 17.0 Å². The lowest BCUT2D eigenvalue weighted by Crippen LogP contribution is -2.32. The zero-order valence-electron chi connectivity index (χ0n) is 12.2. The predicted octanol–water partition coefficient (Wildman–Crippen LogP) is 0.217. The van der Waals surface area contributed by atoms with Crippen LogP contribution in [0.1, 0.15) is 23.4 Å². The monoisotopic (exact) mass is 291 g/mol. The van der Waals surface area contributed by atoms with E-state index >= 15 is 0 Å². The first-order valence-corrected chi connectivity index (χ1v) is 6.51.